The van der Waals surface area contributed by atoms with Gasteiger partial charge >= 0.3 is 5.97 Å². The van der Waals surface area contributed by atoms with Gasteiger partial charge in [-0.15, -0.1) is 0 Å². The molecular formula is C28H32N4O4. The number of hydrogen-bond acceptors (Lipinski definition) is 7. The van der Waals surface area contributed by atoms with Crippen molar-refractivity contribution in [1.29, 1.82) is 0 Å². The molecular weight excluding hydrogens is 456 g/mol. The summed E-state index contributed by atoms with van der Waals surface area (Å²) in [6.07, 6.45) is 7.43. The lowest BCUT2D eigenvalue weighted by molar-refractivity contribution is -0.137. The Labute approximate surface area is 211 Å². The standard InChI is InChI=1S/C28H32N4O4/c1-36-23-6-7-26-25(17-23)24(11-14-30-26)27(33)8-4-20-12-16-32(18-21(20)5-9-28(34)35)15-2-3-22-10-13-29-19-31-22/h6-7,10-11,13-14,17,19-21,27,33H,4-5,8-9,12,15-16,18H2,1H3,(H,34,35)/t20?,21?,27-/m0/s1. The summed E-state index contributed by atoms with van der Waals surface area (Å²) in [6.45, 7) is 2.33. The Morgan fingerprint density at radius 2 is 2.08 bits per heavy atom. The lowest BCUT2D eigenvalue weighted by Gasteiger charge is -2.38. The minimum atomic E-state index is -0.772. The number of piperidine rings is 1. The first kappa shape index (κ1) is 25.5. The van der Waals surface area contributed by atoms with Crippen LogP contribution in [0, 0.1) is 23.7 Å². The third-order valence-corrected chi connectivity index (χ3v) is 6.96. The molecule has 188 valence electrons. The van der Waals surface area contributed by atoms with Gasteiger partial charge in [0.1, 0.15) is 17.8 Å². The Hall–Kier alpha value is -3.54. The molecule has 0 saturated carbocycles. The van der Waals surface area contributed by atoms with Crippen LogP contribution in [0.5, 0.6) is 5.75 Å². The van der Waals surface area contributed by atoms with E-state index in [1.807, 2.05) is 24.3 Å². The summed E-state index contributed by atoms with van der Waals surface area (Å²) in [5, 5.41) is 21.3. The quantitative estimate of drug-likeness (QED) is 0.439. The van der Waals surface area contributed by atoms with E-state index in [1.165, 1.54) is 6.33 Å². The molecule has 2 N–H and O–H groups in total. The van der Waals surface area contributed by atoms with Gasteiger partial charge in [-0.3, -0.25) is 14.7 Å². The number of methoxy groups -OCH3 is 1. The number of likely N-dealkylation sites (tertiary alicyclic amines) is 1. The molecule has 8 heteroatoms. The van der Waals surface area contributed by atoms with Crippen molar-refractivity contribution < 1.29 is 19.7 Å². The SMILES string of the molecule is COc1ccc2nccc([C@@H](O)CCC3CCN(CC#Cc4ccncn4)CC3CCC(=O)O)c2c1. The number of aliphatic carboxylic acids is 1. The Morgan fingerprint density at radius 1 is 1.19 bits per heavy atom. The molecule has 1 saturated heterocycles. The molecule has 1 aliphatic rings. The van der Waals surface area contributed by atoms with Crippen LogP contribution in [-0.2, 0) is 4.79 Å². The molecule has 0 bridgehead atoms. The van der Waals surface area contributed by atoms with E-state index in [1.54, 1.807) is 25.6 Å². The van der Waals surface area contributed by atoms with Gasteiger partial charge in [-0.05, 0) is 85.9 Å². The number of aliphatic hydroxyl groups is 1. The maximum Gasteiger partial charge on any atom is 0.303 e. The van der Waals surface area contributed by atoms with Crippen molar-refractivity contribution in [2.75, 3.05) is 26.7 Å². The molecule has 3 heterocycles. The van der Waals surface area contributed by atoms with Gasteiger partial charge in [0.05, 0.1) is 25.3 Å². The molecule has 0 aliphatic carbocycles. The van der Waals surface area contributed by atoms with Gasteiger partial charge in [0, 0.05) is 30.7 Å². The number of ether oxygens (including phenoxy) is 1. The molecule has 1 aromatic carbocycles. The number of carbonyl (C=O) groups is 1. The summed E-state index contributed by atoms with van der Waals surface area (Å²) in [5.74, 6) is 6.81. The molecule has 1 aliphatic heterocycles. The van der Waals surface area contributed by atoms with Crippen molar-refractivity contribution in [1.82, 2.24) is 19.9 Å². The van der Waals surface area contributed by atoms with E-state index in [-0.39, 0.29) is 12.3 Å². The van der Waals surface area contributed by atoms with Crippen molar-refractivity contribution >= 4 is 16.9 Å². The van der Waals surface area contributed by atoms with Crippen LogP contribution in [0.15, 0.2) is 49.1 Å². The van der Waals surface area contributed by atoms with E-state index in [4.69, 9.17) is 4.74 Å². The second-order valence-electron chi connectivity index (χ2n) is 9.25. The van der Waals surface area contributed by atoms with E-state index in [9.17, 15) is 15.0 Å². The van der Waals surface area contributed by atoms with Gasteiger partial charge in [-0.1, -0.05) is 5.92 Å². The van der Waals surface area contributed by atoms with Crippen LogP contribution in [0.2, 0.25) is 0 Å². The Bertz CT molecular complexity index is 1220. The highest BCUT2D eigenvalue weighted by Crippen LogP contribution is 2.35. The van der Waals surface area contributed by atoms with E-state index >= 15 is 0 Å². The number of aliphatic hydroxyl groups excluding tert-OH is 1. The van der Waals surface area contributed by atoms with Gasteiger partial charge in [0.2, 0.25) is 0 Å². The summed E-state index contributed by atoms with van der Waals surface area (Å²) in [6, 6.07) is 9.33. The average molecular weight is 489 g/mol. The fraction of sp³-hybridized carbons (Fsp3) is 0.429. The van der Waals surface area contributed by atoms with E-state index in [0.29, 0.717) is 31.0 Å². The minimum Gasteiger partial charge on any atom is -0.497 e. The molecule has 3 aromatic rings. The van der Waals surface area contributed by atoms with Crippen LogP contribution in [-0.4, -0.2) is 62.8 Å². The molecule has 0 amide bonds. The normalized spacial score (nSPS) is 18.8. The fourth-order valence-electron chi connectivity index (χ4n) is 5.01. The highest BCUT2D eigenvalue weighted by Gasteiger charge is 2.29. The van der Waals surface area contributed by atoms with Crippen LogP contribution in [0.1, 0.15) is 49.5 Å². The molecule has 4 rings (SSSR count). The van der Waals surface area contributed by atoms with Crippen LogP contribution >= 0.6 is 0 Å². The van der Waals surface area contributed by atoms with Crippen LogP contribution in [0.3, 0.4) is 0 Å². The second kappa shape index (κ2) is 12.4. The first-order chi connectivity index (χ1) is 17.5. The van der Waals surface area contributed by atoms with Crippen molar-refractivity contribution in [3.8, 4) is 17.6 Å². The number of aromatic nitrogens is 3. The minimum absolute atomic E-state index is 0.152. The smallest absolute Gasteiger partial charge is 0.303 e. The number of carboxylic acid groups (broad SMARTS) is 1. The van der Waals surface area contributed by atoms with Gasteiger partial charge < -0.3 is 14.9 Å². The maximum absolute atomic E-state index is 11.3. The lowest BCUT2D eigenvalue weighted by atomic mass is 9.79. The van der Waals surface area contributed by atoms with Gasteiger partial charge in [0.25, 0.3) is 0 Å². The Kier molecular flexibility index (Phi) is 8.82. The zero-order valence-corrected chi connectivity index (χ0v) is 20.5. The molecule has 36 heavy (non-hydrogen) atoms. The van der Waals surface area contributed by atoms with Gasteiger partial charge in [-0.2, -0.15) is 0 Å². The lowest BCUT2D eigenvalue weighted by Crippen LogP contribution is -2.41. The first-order valence-electron chi connectivity index (χ1n) is 12.3. The molecule has 8 nitrogen and oxygen atoms in total. The Morgan fingerprint density at radius 3 is 2.86 bits per heavy atom. The summed E-state index contributed by atoms with van der Waals surface area (Å²) < 4.78 is 5.36. The topological polar surface area (TPSA) is 109 Å². The van der Waals surface area contributed by atoms with E-state index in [0.717, 1.165) is 48.1 Å². The highest BCUT2D eigenvalue weighted by molar-refractivity contribution is 5.83. The molecule has 3 atom stereocenters. The summed E-state index contributed by atoms with van der Waals surface area (Å²) in [5.41, 5.74) is 2.36. The number of fused-ring (bicyclic) bond motifs is 1. The molecule has 2 unspecified atom stereocenters. The third kappa shape index (κ3) is 6.78. The van der Waals surface area contributed by atoms with Crippen molar-refractivity contribution in [3.05, 3.63) is 60.3 Å². The summed E-state index contributed by atoms with van der Waals surface area (Å²) in [7, 11) is 1.62. The molecule has 0 spiro atoms. The first-order valence-corrected chi connectivity index (χ1v) is 12.3. The van der Waals surface area contributed by atoms with Crippen LogP contribution in [0.4, 0.5) is 0 Å². The largest absolute Gasteiger partial charge is 0.497 e. The van der Waals surface area contributed by atoms with Crippen molar-refractivity contribution in [3.63, 3.8) is 0 Å². The zero-order chi connectivity index (χ0) is 25.3. The molecule has 0 radical (unpaired) electrons. The van der Waals surface area contributed by atoms with E-state index in [2.05, 4.69) is 31.7 Å². The second-order valence-corrected chi connectivity index (χ2v) is 9.25. The molecule has 2 aromatic heterocycles. The predicted molar refractivity (Wildman–Crippen MR) is 136 cm³/mol. The van der Waals surface area contributed by atoms with Crippen LogP contribution < -0.4 is 4.74 Å². The maximum atomic E-state index is 11.3. The fourth-order valence-corrected chi connectivity index (χ4v) is 5.01. The number of nitrogens with zero attached hydrogens (tertiary/aromatic N) is 4. The number of pyridine rings is 1. The molecule has 1 fully saturated rings. The third-order valence-electron chi connectivity index (χ3n) is 6.96. The number of hydrogen-bond donors (Lipinski definition) is 2. The van der Waals surface area contributed by atoms with Crippen molar-refractivity contribution in [2.24, 2.45) is 11.8 Å². The average Bonchev–Trinajstić information content (AvgIpc) is 2.91. The summed E-state index contributed by atoms with van der Waals surface area (Å²) >= 11 is 0. The monoisotopic (exact) mass is 488 g/mol. The number of rotatable bonds is 9. The van der Waals surface area contributed by atoms with Crippen LogP contribution in [0.25, 0.3) is 10.9 Å². The predicted octanol–water partition coefficient (Wildman–Crippen LogP) is 3.70. The summed E-state index contributed by atoms with van der Waals surface area (Å²) in [4.78, 5) is 26.0. The zero-order valence-electron chi connectivity index (χ0n) is 20.5. The van der Waals surface area contributed by atoms with E-state index < -0.39 is 12.1 Å². The van der Waals surface area contributed by atoms with Gasteiger partial charge in [-0.25, -0.2) is 9.97 Å². The van der Waals surface area contributed by atoms with Crippen molar-refractivity contribution in [2.45, 2.75) is 38.2 Å². The number of carboxylic acids is 1. The number of benzene rings is 1. The van der Waals surface area contributed by atoms with Gasteiger partial charge in [0.15, 0.2) is 0 Å². The Balaban J connectivity index is 1.39. The highest BCUT2D eigenvalue weighted by atomic mass is 16.5.